The van der Waals surface area contributed by atoms with E-state index in [9.17, 15) is 9.18 Å². The van der Waals surface area contributed by atoms with Gasteiger partial charge in [0.25, 0.3) is 5.91 Å². The number of carbonyl (C=O) groups excluding carboxylic acids is 1. The fraction of sp³-hybridized carbons (Fsp3) is 0.0667. The highest BCUT2D eigenvalue weighted by Crippen LogP contribution is 2.17. The topological polar surface area (TPSA) is 50.7 Å². The second-order valence-corrected chi connectivity index (χ2v) is 4.47. The second kappa shape index (κ2) is 6.85. The number of methoxy groups -OCH3 is 1. The van der Waals surface area contributed by atoms with Crippen LogP contribution < -0.4 is 10.2 Å². The molecule has 1 amide bonds. The number of halogens is 2. The average molecular weight is 307 g/mol. The number of rotatable bonds is 4. The molecule has 0 unspecified atom stereocenters. The van der Waals surface area contributed by atoms with Gasteiger partial charge in [-0.05, 0) is 30.3 Å². The first-order chi connectivity index (χ1) is 10.1. The van der Waals surface area contributed by atoms with E-state index in [1.54, 1.807) is 24.3 Å². The molecule has 0 aliphatic carbocycles. The number of carbonyl (C=O) groups is 1. The molecule has 0 bridgehead atoms. The molecule has 0 fully saturated rings. The van der Waals surface area contributed by atoms with Gasteiger partial charge in [0, 0.05) is 5.56 Å². The van der Waals surface area contributed by atoms with Crippen LogP contribution in [0.15, 0.2) is 47.6 Å². The van der Waals surface area contributed by atoms with Crippen molar-refractivity contribution in [3.63, 3.8) is 0 Å². The summed E-state index contributed by atoms with van der Waals surface area (Å²) in [4.78, 5) is 12.0. The second-order valence-electron chi connectivity index (χ2n) is 4.07. The van der Waals surface area contributed by atoms with E-state index in [2.05, 4.69) is 10.5 Å². The Balaban J connectivity index is 2.08. The molecule has 2 rings (SSSR count). The van der Waals surface area contributed by atoms with Crippen molar-refractivity contribution in [1.29, 1.82) is 0 Å². The molecule has 2 aromatic rings. The molecule has 0 saturated carbocycles. The van der Waals surface area contributed by atoms with Crippen LogP contribution in [-0.4, -0.2) is 19.2 Å². The summed E-state index contributed by atoms with van der Waals surface area (Å²) < 4.78 is 18.0. The normalized spacial score (nSPS) is 10.6. The van der Waals surface area contributed by atoms with Gasteiger partial charge in [0.1, 0.15) is 11.6 Å². The molecule has 0 radical (unpaired) electrons. The summed E-state index contributed by atoms with van der Waals surface area (Å²) in [5, 5.41) is 4.01. The van der Waals surface area contributed by atoms with E-state index in [1.807, 2.05) is 0 Å². The van der Waals surface area contributed by atoms with Gasteiger partial charge < -0.3 is 4.74 Å². The lowest BCUT2D eigenvalue weighted by Crippen LogP contribution is -2.18. The quantitative estimate of drug-likeness (QED) is 0.696. The standard InChI is InChI=1S/C15H12ClFN2O2/c1-21-14-5-3-2-4-12(14)15(20)19-18-9-10-6-7-11(17)8-13(10)16/h2-9H,1H3,(H,19,20)/b18-9+. The van der Waals surface area contributed by atoms with Gasteiger partial charge in [0.2, 0.25) is 0 Å². The molecule has 0 aliphatic heterocycles. The average Bonchev–Trinajstić information content (AvgIpc) is 2.49. The molecule has 108 valence electrons. The number of ether oxygens (including phenoxy) is 1. The summed E-state index contributed by atoms with van der Waals surface area (Å²) in [6.07, 6.45) is 1.34. The van der Waals surface area contributed by atoms with Gasteiger partial charge >= 0.3 is 0 Å². The van der Waals surface area contributed by atoms with Gasteiger partial charge in [-0.3, -0.25) is 4.79 Å². The van der Waals surface area contributed by atoms with Gasteiger partial charge in [-0.15, -0.1) is 0 Å². The summed E-state index contributed by atoms with van der Waals surface area (Å²) in [5.74, 6) is -0.401. The lowest BCUT2D eigenvalue weighted by atomic mass is 10.2. The van der Waals surface area contributed by atoms with E-state index in [0.29, 0.717) is 16.9 Å². The minimum Gasteiger partial charge on any atom is -0.496 e. The third-order valence-electron chi connectivity index (χ3n) is 2.68. The van der Waals surface area contributed by atoms with Crippen molar-refractivity contribution < 1.29 is 13.9 Å². The van der Waals surface area contributed by atoms with Gasteiger partial charge in [-0.2, -0.15) is 5.10 Å². The van der Waals surface area contributed by atoms with Crippen LogP contribution in [0.25, 0.3) is 0 Å². The summed E-state index contributed by atoms with van der Waals surface area (Å²) in [6, 6.07) is 10.7. The van der Waals surface area contributed by atoms with E-state index >= 15 is 0 Å². The molecule has 0 heterocycles. The maximum atomic E-state index is 12.9. The first-order valence-electron chi connectivity index (χ1n) is 6.03. The Morgan fingerprint density at radius 2 is 2.10 bits per heavy atom. The maximum absolute atomic E-state index is 12.9. The number of nitrogens with one attached hydrogen (secondary N) is 1. The minimum atomic E-state index is -0.435. The molecular weight excluding hydrogens is 295 g/mol. The molecule has 0 saturated heterocycles. The zero-order valence-corrected chi connectivity index (χ0v) is 11.9. The van der Waals surface area contributed by atoms with Crippen LogP contribution in [0.4, 0.5) is 4.39 Å². The Labute approximate surface area is 126 Å². The van der Waals surface area contributed by atoms with Crippen LogP contribution in [0.3, 0.4) is 0 Å². The van der Waals surface area contributed by atoms with Crippen LogP contribution >= 0.6 is 11.6 Å². The smallest absolute Gasteiger partial charge is 0.275 e. The molecule has 2 aromatic carbocycles. The van der Waals surface area contributed by atoms with Crippen molar-refractivity contribution in [3.05, 3.63) is 64.4 Å². The van der Waals surface area contributed by atoms with Crippen LogP contribution in [0.5, 0.6) is 5.75 Å². The first-order valence-corrected chi connectivity index (χ1v) is 6.41. The number of hydrogen-bond acceptors (Lipinski definition) is 3. The fourth-order valence-electron chi connectivity index (χ4n) is 1.66. The highest BCUT2D eigenvalue weighted by atomic mass is 35.5. The van der Waals surface area contributed by atoms with Crippen LogP contribution in [0, 0.1) is 5.82 Å². The summed E-state index contributed by atoms with van der Waals surface area (Å²) in [6.45, 7) is 0. The summed E-state index contributed by atoms with van der Waals surface area (Å²) in [7, 11) is 1.48. The third-order valence-corrected chi connectivity index (χ3v) is 3.01. The lowest BCUT2D eigenvalue weighted by Gasteiger charge is -2.06. The Hall–Kier alpha value is -2.40. The Kier molecular flexibility index (Phi) is 4.90. The van der Waals surface area contributed by atoms with Crippen LogP contribution in [0.1, 0.15) is 15.9 Å². The molecular formula is C15H12ClFN2O2. The molecule has 6 heteroatoms. The predicted molar refractivity (Wildman–Crippen MR) is 79.5 cm³/mol. The van der Waals surface area contributed by atoms with E-state index < -0.39 is 11.7 Å². The zero-order valence-electron chi connectivity index (χ0n) is 11.1. The summed E-state index contributed by atoms with van der Waals surface area (Å²) in [5.41, 5.74) is 3.22. The highest BCUT2D eigenvalue weighted by molar-refractivity contribution is 6.33. The van der Waals surface area contributed by atoms with Gasteiger partial charge in [-0.1, -0.05) is 23.7 Å². The Morgan fingerprint density at radius 3 is 2.81 bits per heavy atom. The summed E-state index contributed by atoms with van der Waals surface area (Å²) >= 11 is 5.85. The Bertz CT molecular complexity index is 689. The van der Waals surface area contributed by atoms with E-state index in [0.717, 1.165) is 0 Å². The molecule has 1 N–H and O–H groups in total. The number of para-hydroxylation sites is 1. The highest BCUT2D eigenvalue weighted by Gasteiger charge is 2.10. The Morgan fingerprint density at radius 1 is 1.33 bits per heavy atom. The molecule has 0 atom stereocenters. The van der Waals surface area contributed by atoms with Crippen molar-refractivity contribution in [1.82, 2.24) is 5.43 Å². The SMILES string of the molecule is COc1ccccc1C(=O)N/N=C/c1ccc(F)cc1Cl. The van der Waals surface area contributed by atoms with Crippen molar-refractivity contribution in [2.45, 2.75) is 0 Å². The van der Waals surface area contributed by atoms with Gasteiger partial charge in [-0.25, -0.2) is 9.82 Å². The first kappa shape index (κ1) is 15.0. The third kappa shape index (κ3) is 3.79. The largest absolute Gasteiger partial charge is 0.496 e. The number of hydrogen-bond donors (Lipinski definition) is 1. The van der Waals surface area contributed by atoms with Gasteiger partial charge in [0.15, 0.2) is 0 Å². The lowest BCUT2D eigenvalue weighted by molar-refractivity contribution is 0.0952. The van der Waals surface area contributed by atoms with Crippen molar-refractivity contribution in [2.24, 2.45) is 5.10 Å². The number of benzene rings is 2. The van der Waals surface area contributed by atoms with Crippen molar-refractivity contribution in [3.8, 4) is 5.75 Å². The predicted octanol–water partition coefficient (Wildman–Crippen LogP) is 3.25. The van der Waals surface area contributed by atoms with Crippen LogP contribution in [0.2, 0.25) is 5.02 Å². The zero-order chi connectivity index (χ0) is 15.2. The fourth-order valence-corrected chi connectivity index (χ4v) is 1.88. The number of nitrogens with zero attached hydrogens (tertiary/aromatic N) is 1. The molecule has 21 heavy (non-hydrogen) atoms. The van der Waals surface area contributed by atoms with Crippen molar-refractivity contribution in [2.75, 3.05) is 7.11 Å². The van der Waals surface area contributed by atoms with E-state index in [1.165, 1.54) is 31.5 Å². The molecule has 4 nitrogen and oxygen atoms in total. The van der Waals surface area contributed by atoms with Crippen molar-refractivity contribution >= 4 is 23.7 Å². The van der Waals surface area contributed by atoms with E-state index in [4.69, 9.17) is 16.3 Å². The molecule has 0 aromatic heterocycles. The maximum Gasteiger partial charge on any atom is 0.275 e. The minimum absolute atomic E-state index is 0.213. The van der Waals surface area contributed by atoms with E-state index in [-0.39, 0.29) is 5.02 Å². The molecule has 0 spiro atoms. The monoisotopic (exact) mass is 306 g/mol. The van der Waals surface area contributed by atoms with Gasteiger partial charge in [0.05, 0.1) is 23.9 Å². The van der Waals surface area contributed by atoms with Crippen LogP contribution in [-0.2, 0) is 0 Å². The number of amides is 1. The molecule has 0 aliphatic rings. The number of hydrazone groups is 1.